The third-order valence-corrected chi connectivity index (χ3v) is 11.8. The maximum atomic E-state index is 10.3. The van der Waals surface area contributed by atoms with Crippen molar-refractivity contribution in [2.75, 3.05) is 26.7 Å². The lowest BCUT2D eigenvalue weighted by Gasteiger charge is -2.65. The Balaban J connectivity index is 0.883. The summed E-state index contributed by atoms with van der Waals surface area (Å²) >= 11 is 0. The standard InChI is InChI=1S/C35H52N2O3/c1-32-18-25-19-33(2,22-32)24-34(20-25,23-32)36-14-7-5-4-6-8-15-37-16-13-35-12-11-27(38)17-29(35)40-31-28(39-3)10-9-26(21-37)30(31)35/h9-12,25,27,29,36,38H,4-8,13-24H2,1-3H3/t25?,27-,29-,32-,33+,34?,35-/m0/s1. The Hall–Kier alpha value is -1.56. The zero-order chi connectivity index (χ0) is 27.6. The van der Waals surface area contributed by atoms with E-state index in [0.717, 1.165) is 43.5 Å². The van der Waals surface area contributed by atoms with Crippen molar-refractivity contribution < 1.29 is 14.6 Å². The zero-order valence-corrected chi connectivity index (χ0v) is 25.3. The molecule has 1 aromatic rings. The maximum absolute atomic E-state index is 10.3. The lowest BCUT2D eigenvalue weighted by atomic mass is 9.43. The second-order valence-corrected chi connectivity index (χ2v) is 15.6. The summed E-state index contributed by atoms with van der Waals surface area (Å²) in [7, 11) is 1.73. The van der Waals surface area contributed by atoms with Gasteiger partial charge in [-0.25, -0.2) is 0 Å². The van der Waals surface area contributed by atoms with Crippen LogP contribution in [0.4, 0.5) is 0 Å². The summed E-state index contributed by atoms with van der Waals surface area (Å²) in [5, 5.41) is 14.5. The van der Waals surface area contributed by atoms with E-state index in [-0.39, 0.29) is 11.5 Å². The number of rotatable bonds is 10. The third-order valence-electron chi connectivity index (χ3n) is 11.8. The van der Waals surface area contributed by atoms with Crippen molar-refractivity contribution in [1.29, 1.82) is 0 Å². The van der Waals surface area contributed by atoms with Crippen LogP contribution in [0.2, 0.25) is 0 Å². The molecule has 4 fully saturated rings. The number of hydrogen-bond donors (Lipinski definition) is 2. The van der Waals surface area contributed by atoms with Gasteiger partial charge in [0.2, 0.25) is 0 Å². The first-order valence-electron chi connectivity index (χ1n) is 16.4. The molecule has 2 aliphatic heterocycles. The number of aliphatic hydroxyl groups is 1. The number of aliphatic hydroxyl groups excluding tert-OH is 1. The summed E-state index contributed by atoms with van der Waals surface area (Å²) < 4.78 is 12.2. The topological polar surface area (TPSA) is 54.0 Å². The molecule has 0 amide bonds. The highest BCUT2D eigenvalue weighted by Gasteiger charge is 2.59. The molecule has 2 unspecified atom stereocenters. The van der Waals surface area contributed by atoms with Crippen molar-refractivity contribution in [3.05, 3.63) is 35.4 Å². The fraction of sp³-hybridized carbons (Fsp3) is 0.771. The van der Waals surface area contributed by atoms with Crippen molar-refractivity contribution in [1.82, 2.24) is 10.2 Å². The van der Waals surface area contributed by atoms with Gasteiger partial charge in [0.15, 0.2) is 11.5 Å². The number of nitrogens with zero attached hydrogens (tertiary/aromatic N) is 1. The minimum Gasteiger partial charge on any atom is -0.493 e. The van der Waals surface area contributed by atoms with Gasteiger partial charge in [0.1, 0.15) is 6.10 Å². The molecular formula is C35H52N2O3. The summed E-state index contributed by atoms with van der Waals surface area (Å²) in [5.41, 5.74) is 4.21. The van der Waals surface area contributed by atoms with E-state index in [1.807, 2.05) is 6.08 Å². The second-order valence-electron chi connectivity index (χ2n) is 15.6. The van der Waals surface area contributed by atoms with Gasteiger partial charge in [-0.2, -0.15) is 0 Å². The van der Waals surface area contributed by atoms with Crippen LogP contribution in [0.25, 0.3) is 0 Å². The van der Waals surface area contributed by atoms with Crippen molar-refractivity contribution in [3.63, 3.8) is 0 Å². The van der Waals surface area contributed by atoms with E-state index in [1.54, 1.807) is 7.11 Å². The highest BCUT2D eigenvalue weighted by atomic mass is 16.5. The molecule has 0 radical (unpaired) electrons. The maximum Gasteiger partial charge on any atom is 0.166 e. The van der Waals surface area contributed by atoms with Gasteiger partial charge in [-0.05, 0) is 106 Å². The number of methoxy groups -OCH3 is 1. The molecular weight excluding hydrogens is 496 g/mol. The minimum absolute atomic E-state index is 0.00439. The van der Waals surface area contributed by atoms with Gasteiger partial charge >= 0.3 is 0 Å². The van der Waals surface area contributed by atoms with Crippen molar-refractivity contribution in [2.24, 2.45) is 16.7 Å². The molecule has 5 aliphatic carbocycles. The fourth-order valence-electron chi connectivity index (χ4n) is 11.2. The molecule has 4 bridgehead atoms. The molecule has 2 N–H and O–H groups in total. The lowest BCUT2D eigenvalue weighted by Crippen LogP contribution is -2.64. The Bertz CT molecular complexity index is 1130. The molecule has 1 spiro atoms. The van der Waals surface area contributed by atoms with Gasteiger partial charge < -0.3 is 19.9 Å². The Morgan fingerprint density at radius 3 is 2.58 bits per heavy atom. The highest BCUT2D eigenvalue weighted by molar-refractivity contribution is 5.61. The van der Waals surface area contributed by atoms with Gasteiger partial charge in [-0.15, -0.1) is 0 Å². The van der Waals surface area contributed by atoms with E-state index in [0.29, 0.717) is 22.8 Å². The van der Waals surface area contributed by atoms with E-state index < -0.39 is 6.10 Å². The first kappa shape index (κ1) is 27.3. The summed E-state index contributed by atoms with van der Waals surface area (Å²) in [6.45, 7) is 9.58. The van der Waals surface area contributed by atoms with Gasteiger partial charge in [-0.3, -0.25) is 4.90 Å². The molecule has 5 nitrogen and oxygen atoms in total. The Morgan fingerprint density at radius 2 is 1.80 bits per heavy atom. The number of hydrogen-bond acceptors (Lipinski definition) is 5. The first-order valence-corrected chi connectivity index (χ1v) is 16.4. The molecule has 2 heterocycles. The molecule has 40 heavy (non-hydrogen) atoms. The normalized spacial score (nSPS) is 41.0. The zero-order valence-electron chi connectivity index (χ0n) is 25.3. The largest absolute Gasteiger partial charge is 0.493 e. The predicted molar refractivity (Wildman–Crippen MR) is 160 cm³/mol. The SMILES string of the molecule is COc1ccc2c3c1O[C@H]1C[C@@H](O)C=C[C@@]31CCN(CCCCCCCNC13CC4C[C@@](C)(C1)C[C@](C)(C4)C3)C2. The van der Waals surface area contributed by atoms with Gasteiger partial charge in [0.25, 0.3) is 0 Å². The highest BCUT2D eigenvalue weighted by Crippen LogP contribution is 2.66. The first-order chi connectivity index (χ1) is 19.2. The van der Waals surface area contributed by atoms with Crippen LogP contribution < -0.4 is 14.8 Å². The smallest absolute Gasteiger partial charge is 0.166 e. The van der Waals surface area contributed by atoms with E-state index >= 15 is 0 Å². The third kappa shape index (κ3) is 4.72. The lowest BCUT2D eigenvalue weighted by molar-refractivity contribution is -0.117. The minimum atomic E-state index is -0.423. The molecule has 7 aliphatic rings. The number of ether oxygens (including phenoxy) is 2. The van der Waals surface area contributed by atoms with Crippen LogP contribution in [0, 0.1) is 16.7 Å². The monoisotopic (exact) mass is 548 g/mol. The molecule has 4 saturated carbocycles. The van der Waals surface area contributed by atoms with E-state index in [1.165, 1.54) is 88.3 Å². The van der Waals surface area contributed by atoms with Crippen molar-refractivity contribution >= 4 is 0 Å². The Labute approximate surface area is 242 Å². The summed E-state index contributed by atoms with van der Waals surface area (Å²) in [5.74, 6) is 2.71. The molecule has 5 heteroatoms. The van der Waals surface area contributed by atoms with E-state index in [9.17, 15) is 5.11 Å². The molecule has 0 aromatic heterocycles. The van der Waals surface area contributed by atoms with Crippen molar-refractivity contribution in [3.8, 4) is 11.5 Å². The second kappa shape index (κ2) is 10.0. The Morgan fingerprint density at radius 1 is 1.02 bits per heavy atom. The van der Waals surface area contributed by atoms with E-state index in [2.05, 4.69) is 42.3 Å². The van der Waals surface area contributed by atoms with Gasteiger partial charge in [0, 0.05) is 24.1 Å². The quantitative estimate of drug-likeness (QED) is 0.258. The average molecular weight is 549 g/mol. The molecule has 220 valence electrons. The van der Waals surface area contributed by atoms with Crippen LogP contribution in [-0.2, 0) is 12.0 Å². The molecule has 7 atom stereocenters. The van der Waals surface area contributed by atoms with Gasteiger partial charge in [0.05, 0.1) is 18.6 Å². The summed E-state index contributed by atoms with van der Waals surface area (Å²) in [6.07, 6.45) is 20.8. The molecule has 1 aromatic carbocycles. The van der Waals surface area contributed by atoms with Crippen LogP contribution in [-0.4, -0.2) is 54.5 Å². The fourth-order valence-corrected chi connectivity index (χ4v) is 11.2. The van der Waals surface area contributed by atoms with Crippen LogP contribution >= 0.6 is 0 Å². The predicted octanol–water partition coefficient (Wildman–Crippen LogP) is 6.51. The number of benzene rings is 1. The van der Waals surface area contributed by atoms with Gasteiger partial charge in [-0.1, -0.05) is 51.3 Å². The Kier molecular flexibility index (Phi) is 6.83. The van der Waals surface area contributed by atoms with Crippen LogP contribution in [0.1, 0.15) is 108 Å². The molecule has 0 saturated heterocycles. The summed E-state index contributed by atoms with van der Waals surface area (Å²) in [6, 6.07) is 4.32. The molecule has 8 rings (SSSR count). The van der Waals surface area contributed by atoms with Crippen molar-refractivity contribution in [2.45, 2.75) is 127 Å². The van der Waals surface area contributed by atoms with E-state index in [4.69, 9.17) is 9.47 Å². The van der Waals surface area contributed by atoms with Crippen LogP contribution in [0.5, 0.6) is 11.5 Å². The van der Waals surface area contributed by atoms with Crippen LogP contribution in [0.3, 0.4) is 0 Å². The van der Waals surface area contributed by atoms with Crippen LogP contribution in [0.15, 0.2) is 24.3 Å². The average Bonchev–Trinajstić information content (AvgIpc) is 3.12. The number of unbranched alkanes of at least 4 members (excludes halogenated alkanes) is 4. The number of nitrogens with one attached hydrogen (secondary N) is 1. The summed E-state index contributed by atoms with van der Waals surface area (Å²) in [4.78, 5) is 2.65.